The van der Waals surface area contributed by atoms with Crippen LogP contribution in [0.2, 0.25) is 0 Å². The summed E-state index contributed by atoms with van der Waals surface area (Å²) in [7, 11) is 0. The second-order valence-corrected chi connectivity index (χ2v) is 4.21. The Morgan fingerprint density at radius 2 is 2.12 bits per heavy atom. The number of oxazole rings is 1. The molecule has 0 aliphatic carbocycles. The van der Waals surface area contributed by atoms with Crippen molar-refractivity contribution in [2.75, 3.05) is 11.9 Å². The molecule has 6 heteroatoms. The number of aliphatic hydroxyl groups excluding tert-OH is 1. The van der Waals surface area contributed by atoms with Crippen molar-refractivity contribution in [3.05, 3.63) is 11.5 Å². The molecule has 0 radical (unpaired) electrons. The average Bonchev–Trinajstić information content (AvgIpc) is 2.56. The highest BCUT2D eigenvalue weighted by Crippen LogP contribution is 2.12. The van der Waals surface area contributed by atoms with E-state index in [9.17, 15) is 4.79 Å². The maximum absolute atomic E-state index is 11.6. The monoisotopic (exact) mass is 241 g/mol. The van der Waals surface area contributed by atoms with Crippen LogP contribution in [0.4, 0.5) is 10.8 Å². The highest BCUT2D eigenvalue weighted by Gasteiger charge is 2.15. The molecule has 6 nitrogen and oxygen atoms in total. The first kappa shape index (κ1) is 13.5. The standard InChI is InChI=1S/C11H19N3O3/c1-6(5-15)7(2)12-10(16)14-11-13-8(3)9(4)17-11/h6-7,15H,5H2,1-4H3,(H2,12,13,14,16). The summed E-state index contributed by atoms with van der Waals surface area (Å²) in [5.41, 5.74) is 0.747. The fourth-order valence-electron chi connectivity index (χ4n) is 1.17. The number of anilines is 1. The molecular formula is C11H19N3O3. The van der Waals surface area contributed by atoms with Crippen molar-refractivity contribution in [1.82, 2.24) is 10.3 Å². The third-order valence-electron chi connectivity index (χ3n) is 2.75. The van der Waals surface area contributed by atoms with Crippen molar-refractivity contribution >= 4 is 12.0 Å². The Hall–Kier alpha value is -1.56. The molecule has 0 spiro atoms. The van der Waals surface area contributed by atoms with Gasteiger partial charge in [0.2, 0.25) is 0 Å². The minimum Gasteiger partial charge on any atom is -0.428 e. The summed E-state index contributed by atoms with van der Waals surface area (Å²) in [5, 5.41) is 14.1. The van der Waals surface area contributed by atoms with Gasteiger partial charge in [-0.2, -0.15) is 4.98 Å². The van der Waals surface area contributed by atoms with Gasteiger partial charge in [0.25, 0.3) is 0 Å². The predicted molar refractivity (Wildman–Crippen MR) is 63.8 cm³/mol. The Morgan fingerprint density at radius 1 is 1.47 bits per heavy atom. The number of rotatable bonds is 4. The lowest BCUT2D eigenvalue weighted by Crippen LogP contribution is -2.40. The Morgan fingerprint density at radius 3 is 2.59 bits per heavy atom. The fraction of sp³-hybridized carbons (Fsp3) is 0.636. The van der Waals surface area contributed by atoms with E-state index in [0.29, 0.717) is 5.76 Å². The first-order valence-corrected chi connectivity index (χ1v) is 5.56. The van der Waals surface area contributed by atoms with E-state index in [4.69, 9.17) is 9.52 Å². The summed E-state index contributed by atoms with van der Waals surface area (Å²) in [5.74, 6) is 0.672. The van der Waals surface area contributed by atoms with Crippen LogP contribution < -0.4 is 10.6 Å². The van der Waals surface area contributed by atoms with Gasteiger partial charge in [-0.05, 0) is 26.7 Å². The summed E-state index contributed by atoms with van der Waals surface area (Å²) in [6.45, 7) is 7.29. The number of aromatic nitrogens is 1. The lowest BCUT2D eigenvalue weighted by molar-refractivity contribution is 0.204. The van der Waals surface area contributed by atoms with Gasteiger partial charge in [-0.15, -0.1) is 0 Å². The van der Waals surface area contributed by atoms with E-state index in [2.05, 4.69) is 15.6 Å². The van der Waals surface area contributed by atoms with E-state index in [1.807, 2.05) is 13.8 Å². The number of carbonyl (C=O) groups is 1. The molecule has 96 valence electrons. The molecule has 1 heterocycles. The van der Waals surface area contributed by atoms with Gasteiger partial charge in [-0.25, -0.2) is 4.79 Å². The zero-order chi connectivity index (χ0) is 13.0. The van der Waals surface area contributed by atoms with Crippen LogP contribution in [0.25, 0.3) is 0 Å². The lowest BCUT2D eigenvalue weighted by Gasteiger charge is -2.18. The van der Waals surface area contributed by atoms with Crippen LogP contribution in [0.3, 0.4) is 0 Å². The molecule has 0 bridgehead atoms. The highest BCUT2D eigenvalue weighted by molar-refractivity contribution is 5.87. The van der Waals surface area contributed by atoms with E-state index >= 15 is 0 Å². The molecule has 2 unspecified atom stereocenters. The van der Waals surface area contributed by atoms with Crippen molar-refractivity contribution in [2.24, 2.45) is 5.92 Å². The van der Waals surface area contributed by atoms with Crippen LogP contribution in [0.5, 0.6) is 0 Å². The number of nitrogens with one attached hydrogen (secondary N) is 2. The van der Waals surface area contributed by atoms with Crippen LogP contribution in [0, 0.1) is 19.8 Å². The zero-order valence-electron chi connectivity index (χ0n) is 10.6. The van der Waals surface area contributed by atoms with Crippen LogP contribution in [-0.4, -0.2) is 28.8 Å². The van der Waals surface area contributed by atoms with E-state index in [-0.39, 0.29) is 30.6 Å². The van der Waals surface area contributed by atoms with E-state index in [0.717, 1.165) is 5.69 Å². The van der Waals surface area contributed by atoms with Crippen LogP contribution in [0.15, 0.2) is 4.42 Å². The van der Waals surface area contributed by atoms with Gasteiger partial charge >= 0.3 is 12.0 Å². The molecule has 0 aromatic carbocycles. The molecule has 3 N–H and O–H groups in total. The minimum absolute atomic E-state index is 0.00576. The van der Waals surface area contributed by atoms with E-state index in [1.165, 1.54) is 0 Å². The highest BCUT2D eigenvalue weighted by atomic mass is 16.4. The summed E-state index contributed by atoms with van der Waals surface area (Å²) < 4.78 is 5.22. The van der Waals surface area contributed by atoms with Gasteiger partial charge in [0.1, 0.15) is 5.76 Å². The first-order valence-electron chi connectivity index (χ1n) is 5.56. The molecule has 1 aromatic heterocycles. The number of amides is 2. The second kappa shape index (κ2) is 5.67. The molecule has 1 aromatic rings. The van der Waals surface area contributed by atoms with Gasteiger partial charge in [0, 0.05) is 12.6 Å². The second-order valence-electron chi connectivity index (χ2n) is 4.21. The smallest absolute Gasteiger partial charge is 0.323 e. The Balaban J connectivity index is 2.50. The maximum atomic E-state index is 11.6. The van der Waals surface area contributed by atoms with Gasteiger partial charge in [-0.1, -0.05) is 6.92 Å². The number of aliphatic hydroxyl groups is 1. The largest absolute Gasteiger partial charge is 0.428 e. The minimum atomic E-state index is -0.390. The fourth-order valence-corrected chi connectivity index (χ4v) is 1.17. The Kier molecular flexibility index (Phi) is 4.51. The van der Waals surface area contributed by atoms with Crippen molar-refractivity contribution in [2.45, 2.75) is 33.7 Å². The summed E-state index contributed by atoms with van der Waals surface area (Å²) in [4.78, 5) is 15.6. The zero-order valence-corrected chi connectivity index (χ0v) is 10.6. The molecule has 17 heavy (non-hydrogen) atoms. The van der Waals surface area contributed by atoms with Gasteiger partial charge in [0.15, 0.2) is 0 Å². The molecular weight excluding hydrogens is 222 g/mol. The van der Waals surface area contributed by atoms with Crippen LogP contribution in [0.1, 0.15) is 25.3 Å². The van der Waals surface area contributed by atoms with Crippen molar-refractivity contribution < 1.29 is 14.3 Å². The SMILES string of the molecule is Cc1nc(NC(=O)NC(C)C(C)CO)oc1C. The predicted octanol–water partition coefficient (Wildman–Crippen LogP) is 1.43. The normalized spacial score (nSPS) is 14.2. The molecule has 0 aliphatic rings. The molecule has 0 saturated heterocycles. The first-order chi connectivity index (χ1) is 7.93. The lowest BCUT2D eigenvalue weighted by atomic mass is 10.1. The van der Waals surface area contributed by atoms with E-state index < -0.39 is 0 Å². The van der Waals surface area contributed by atoms with E-state index in [1.54, 1.807) is 13.8 Å². The number of aryl methyl sites for hydroxylation is 2. The van der Waals surface area contributed by atoms with Crippen molar-refractivity contribution in [3.8, 4) is 0 Å². The molecule has 0 saturated carbocycles. The molecule has 1 rings (SSSR count). The van der Waals surface area contributed by atoms with Crippen LogP contribution >= 0.6 is 0 Å². The number of hydrogen-bond acceptors (Lipinski definition) is 4. The third-order valence-corrected chi connectivity index (χ3v) is 2.75. The average molecular weight is 241 g/mol. The summed E-state index contributed by atoms with van der Waals surface area (Å²) in [6.07, 6.45) is 0. The third kappa shape index (κ3) is 3.74. The topological polar surface area (TPSA) is 87.4 Å². The molecule has 0 fully saturated rings. The van der Waals surface area contributed by atoms with Crippen molar-refractivity contribution in [3.63, 3.8) is 0 Å². The molecule has 2 amide bonds. The maximum Gasteiger partial charge on any atom is 0.323 e. The van der Waals surface area contributed by atoms with Gasteiger partial charge < -0.3 is 14.8 Å². The molecule has 0 aliphatic heterocycles. The van der Waals surface area contributed by atoms with Crippen LogP contribution in [-0.2, 0) is 0 Å². The van der Waals surface area contributed by atoms with Gasteiger partial charge in [-0.3, -0.25) is 5.32 Å². The Bertz CT molecular complexity index is 370. The number of hydrogen-bond donors (Lipinski definition) is 3. The summed E-state index contributed by atoms with van der Waals surface area (Å²) >= 11 is 0. The molecule has 2 atom stereocenters. The Labute approximate surface area is 100 Å². The number of carbonyl (C=O) groups excluding carboxylic acids is 1. The van der Waals surface area contributed by atoms with Gasteiger partial charge in [0.05, 0.1) is 5.69 Å². The summed E-state index contributed by atoms with van der Waals surface area (Å²) in [6, 6.07) is -0.336. The quantitative estimate of drug-likeness (QED) is 0.744. The number of nitrogens with zero attached hydrogens (tertiary/aromatic N) is 1. The number of urea groups is 1. The van der Waals surface area contributed by atoms with Crippen molar-refractivity contribution in [1.29, 1.82) is 0 Å².